The van der Waals surface area contributed by atoms with Gasteiger partial charge in [-0.05, 0) is 43.9 Å². The molecule has 1 saturated carbocycles. The van der Waals surface area contributed by atoms with E-state index in [4.69, 9.17) is 4.74 Å². The Balaban J connectivity index is 1.97. The average molecular weight is 310 g/mol. The minimum absolute atomic E-state index is 0.120. The largest absolute Gasteiger partial charge is 0.487 e. The molecule has 0 aliphatic heterocycles. The molecule has 5 heteroatoms. The van der Waals surface area contributed by atoms with E-state index < -0.39 is 23.3 Å². The molecule has 0 bridgehead atoms. The fraction of sp³-hybridized carbons (Fsp3) is 0.294. The molecular weight excluding hydrogens is 296 g/mol. The van der Waals surface area contributed by atoms with Crippen LogP contribution in [0.4, 0.5) is 17.6 Å². The molecule has 1 fully saturated rings. The summed E-state index contributed by atoms with van der Waals surface area (Å²) in [4.78, 5) is 0. The molecule has 0 heterocycles. The molecule has 1 aliphatic rings. The van der Waals surface area contributed by atoms with Crippen molar-refractivity contribution in [2.24, 2.45) is 0 Å². The molecule has 0 atom stereocenters. The predicted octanol–water partition coefficient (Wildman–Crippen LogP) is 5.23. The number of benzene rings is 2. The van der Waals surface area contributed by atoms with Crippen LogP contribution < -0.4 is 4.74 Å². The molecule has 0 radical (unpaired) electrons. The molecule has 0 amide bonds. The molecule has 2 aromatic rings. The van der Waals surface area contributed by atoms with Crippen molar-refractivity contribution in [3.05, 3.63) is 53.6 Å². The van der Waals surface area contributed by atoms with Gasteiger partial charge in [0.05, 0.1) is 6.10 Å². The normalized spacial score (nSPS) is 15.3. The first-order valence-electron chi connectivity index (χ1n) is 7.17. The highest BCUT2D eigenvalue weighted by Gasteiger charge is 2.22. The van der Waals surface area contributed by atoms with Crippen molar-refractivity contribution in [1.82, 2.24) is 0 Å². The van der Waals surface area contributed by atoms with Crippen LogP contribution in [0.25, 0.3) is 11.1 Å². The molecule has 1 nitrogen and oxygen atoms in total. The van der Waals surface area contributed by atoms with Crippen molar-refractivity contribution < 1.29 is 22.3 Å². The Kier molecular flexibility index (Phi) is 4.05. The van der Waals surface area contributed by atoms with E-state index in [0.29, 0.717) is 0 Å². The predicted molar refractivity (Wildman–Crippen MR) is 74.6 cm³/mol. The van der Waals surface area contributed by atoms with E-state index in [0.717, 1.165) is 31.7 Å². The minimum atomic E-state index is -1.24. The van der Waals surface area contributed by atoms with Gasteiger partial charge in [-0.15, -0.1) is 0 Å². The third-order valence-corrected chi connectivity index (χ3v) is 3.88. The monoisotopic (exact) mass is 310 g/mol. The third kappa shape index (κ3) is 2.67. The van der Waals surface area contributed by atoms with E-state index in [1.165, 1.54) is 24.3 Å². The number of halogens is 4. The van der Waals surface area contributed by atoms with Crippen molar-refractivity contribution >= 4 is 0 Å². The summed E-state index contributed by atoms with van der Waals surface area (Å²) in [6.45, 7) is 0. The lowest BCUT2D eigenvalue weighted by atomic mass is 10.0. The van der Waals surface area contributed by atoms with Gasteiger partial charge in [-0.3, -0.25) is 0 Å². The zero-order valence-electron chi connectivity index (χ0n) is 11.7. The van der Waals surface area contributed by atoms with Crippen molar-refractivity contribution in [2.45, 2.75) is 31.8 Å². The first-order valence-corrected chi connectivity index (χ1v) is 7.17. The van der Waals surface area contributed by atoms with Crippen molar-refractivity contribution in [3.63, 3.8) is 0 Å². The zero-order valence-corrected chi connectivity index (χ0v) is 11.7. The topological polar surface area (TPSA) is 9.23 Å². The van der Waals surface area contributed by atoms with Crippen LogP contribution in [0.5, 0.6) is 5.75 Å². The summed E-state index contributed by atoms with van der Waals surface area (Å²) in [6, 6.07) is 5.84. The van der Waals surface area contributed by atoms with E-state index in [1.807, 2.05) is 0 Å². The number of hydrogen-bond donors (Lipinski definition) is 0. The average Bonchev–Trinajstić information content (AvgIpc) is 3.01. The second-order valence-corrected chi connectivity index (χ2v) is 5.36. The molecule has 2 aromatic carbocycles. The Bertz CT molecular complexity index is 693. The second kappa shape index (κ2) is 5.99. The zero-order chi connectivity index (χ0) is 15.7. The van der Waals surface area contributed by atoms with E-state index >= 15 is 0 Å². The van der Waals surface area contributed by atoms with Crippen LogP contribution in [0, 0.1) is 23.3 Å². The molecule has 3 rings (SSSR count). The smallest absolute Gasteiger partial charge is 0.201 e. The van der Waals surface area contributed by atoms with Crippen LogP contribution in [-0.2, 0) is 0 Å². The van der Waals surface area contributed by atoms with Gasteiger partial charge in [-0.1, -0.05) is 12.1 Å². The first kappa shape index (κ1) is 14.9. The van der Waals surface area contributed by atoms with Crippen LogP contribution in [-0.4, -0.2) is 6.10 Å². The molecule has 0 saturated heterocycles. The fourth-order valence-electron chi connectivity index (χ4n) is 2.73. The molecule has 116 valence electrons. The lowest BCUT2D eigenvalue weighted by molar-refractivity contribution is 0.198. The SMILES string of the molecule is Fc1cccc(-c2ccc(OC3CCCC3)c(F)c2F)c1F. The summed E-state index contributed by atoms with van der Waals surface area (Å²) in [7, 11) is 0. The standard InChI is InChI=1S/C17H14F4O/c18-13-7-3-6-11(15(13)19)12-8-9-14(17(21)16(12)20)22-10-4-1-2-5-10/h3,6-10H,1-2,4-5H2. The quantitative estimate of drug-likeness (QED) is 0.705. The van der Waals surface area contributed by atoms with E-state index in [1.54, 1.807) is 0 Å². The maximum atomic E-state index is 14.2. The van der Waals surface area contributed by atoms with Gasteiger partial charge in [0, 0.05) is 11.1 Å². The maximum absolute atomic E-state index is 14.2. The fourth-order valence-corrected chi connectivity index (χ4v) is 2.73. The highest BCUT2D eigenvalue weighted by atomic mass is 19.2. The molecule has 0 unspecified atom stereocenters. The van der Waals surface area contributed by atoms with E-state index in [9.17, 15) is 17.6 Å². The van der Waals surface area contributed by atoms with Crippen molar-refractivity contribution in [2.75, 3.05) is 0 Å². The Hall–Kier alpha value is -2.04. The molecule has 0 aromatic heterocycles. The lowest BCUT2D eigenvalue weighted by Gasteiger charge is -2.15. The number of hydrogen-bond acceptors (Lipinski definition) is 1. The van der Waals surface area contributed by atoms with Crippen LogP contribution in [0.1, 0.15) is 25.7 Å². The summed E-state index contributed by atoms with van der Waals surface area (Å²) in [5, 5.41) is 0. The van der Waals surface area contributed by atoms with Gasteiger partial charge < -0.3 is 4.74 Å². The van der Waals surface area contributed by atoms with E-state index in [-0.39, 0.29) is 23.0 Å². The summed E-state index contributed by atoms with van der Waals surface area (Å²) in [5.74, 6) is -4.91. The molecule has 0 N–H and O–H groups in total. The summed E-state index contributed by atoms with van der Waals surface area (Å²) >= 11 is 0. The summed E-state index contributed by atoms with van der Waals surface area (Å²) in [5.41, 5.74) is -0.642. The highest BCUT2D eigenvalue weighted by Crippen LogP contribution is 2.33. The molecule has 1 aliphatic carbocycles. The Morgan fingerprint density at radius 3 is 2.18 bits per heavy atom. The van der Waals surface area contributed by atoms with Crippen molar-refractivity contribution in [1.29, 1.82) is 0 Å². The van der Waals surface area contributed by atoms with Crippen LogP contribution >= 0.6 is 0 Å². The Morgan fingerprint density at radius 2 is 1.45 bits per heavy atom. The number of rotatable bonds is 3. The summed E-state index contributed by atoms with van der Waals surface area (Å²) in [6.07, 6.45) is 3.50. The van der Waals surface area contributed by atoms with Gasteiger partial charge in [-0.2, -0.15) is 4.39 Å². The second-order valence-electron chi connectivity index (χ2n) is 5.36. The van der Waals surface area contributed by atoms with Crippen molar-refractivity contribution in [3.8, 4) is 16.9 Å². The molecular formula is C17H14F4O. The molecule has 22 heavy (non-hydrogen) atoms. The minimum Gasteiger partial charge on any atom is -0.487 e. The highest BCUT2D eigenvalue weighted by molar-refractivity contribution is 5.66. The van der Waals surface area contributed by atoms with Gasteiger partial charge >= 0.3 is 0 Å². The van der Waals surface area contributed by atoms with Crippen LogP contribution in [0.2, 0.25) is 0 Å². The Labute approximate surface area is 125 Å². The van der Waals surface area contributed by atoms with Gasteiger partial charge in [0.15, 0.2) is 23.2 Å². The van der Waals surface area contributed by atoms with Gasteiger partial charge in [0.1, 0.15) is 0 Å². The first-order chi connectivity index (χ1) is 10.6. The van der Waals surface area contributed by atoms with E-state index in [2.05, 4.69) is 0 Å². The lowest BCUT2D eigenvalue weighted by Crippen LogP contribution is -2.12. The van der Waals surface area contributed by atoms with Gasteiger partial charge in [0.2, 0.25) is 5.82 Å². The van der Waals surface area contributed by atoms with Gasteiger partial charge in [0.25, 0.3) is 0 Å². The number of ether oxygens (including phenoxy) is 1. The molecule has 0 spiro atoms. The van der Waals surface area contributed by atoms with Crippen LogP contribution in [0.15, 0.2) is 30.3 Å². The van der Waals surface area contributed by atoms with Crippen LogP contribution in [0.3, 0.4) is 0 Å². The summed E-state index contributed by atoms with van der Waals surface area (Å²) < 4.78 is 60.7. The maximum Gasteiger partial charge on any atom is 0.201 e. The third-order valence-electron chi connectivity index (χ3n) is 3.88. The Morgan fingerprint density at radius 1 is 0.773 bits per heavy atom. The van der Waals surface area contributed by atoms with Gasteiger partial charge in [-0.25, -0.2) is 13.2 Å².